The Kier molecular flexibility index (Phi) is 9.57. The SMILES string of the molecule is [N-]=[N+]=NCCP(CCP(CCN=[N+]=[N-])c1ccccc1)c1ccccc1. The molecule has 0 spiro atoms. The van der Waals surface area contributed by atoms with Crippen LogP contribution in [0.1, 0.15) is 0 Å². The standard InChI is InChI=1S/C18H22N6P2/c19-23-21-11-13-25(17-7-3-1-4-8-17)15-16-26(14-12-22-24-20)18-9-5-2-6-10-18/h1-10H,11-16H2. The van der Waals surface area contributed by atoms with Crippen LogP contribution >= 0.6 is 15.8 Å². The fourth-order valence-corrected chi connectivity index (χ4v) is 7.94. The van der Waals surface area contributed by atoms with Crippen molar-refractivity contribution in [1.82, 2.24) is 0 Å². The summed E-state index contributed by atoms with van der Waals surface area (Å²) < 4.78 is 0. The highest BCUT2D eigenvalue weighted by Crippen LogP contribution is 2.41. The summed E-state index contributed by atoms with van der Waals surface area (Å²) in [5.41, 5.74) is 17.1. The number of rotatable bonds is 11. The number of nitrogens with zero attached hydrogens (tertiary/aromatic N) is 6. The maximum atomic E-state index is 8.57. The Hall–Kier alpha value is -2.08. The topological polar surface area (TPSA) is 97.5 Å². The van der Waals surface area contributed by atoms with Crippen LogP contribution in [-0.4, -0.2) is 37.7 Å². The molecule has 0 heterocycles. The van der Waals surface area contributed by atoms with Gasteiger partial charge in [0.05, 0.1) is 0 Å². The van der Waals surface area contributed by atoms with E-state index in [0.717, 1.165) is 24.6 Å². The average molecular weight is 384 g/mol. The van der Waals surface area contributed by atoms with E-state index in [4.69, 9.17) is 11.1 Å². The molecule has 2 aromatic rings. The summed E-state index contributed by atoms with van der Waals surface area (Å²) in [5.74, 6) is 0. The number of benzene rings is 2. The first-order valence-electron chi connectivity index (χ1n) is 8.47. The van der Waals surface area contributed by atoms with Gasteiger partial charge >= 0.3 is 0 Å². The minimum Gasteiger partial charge on any atom is -0.0936 e. The molecule has 0 bridgehead atoms. The molecule has 2 aromatic carbocycles. The fraction of sp³-hybridized carbons (Fsp3) is 0.333. The summed E-state index contributed by atoms with van der Waals surface area (Å²) >= 11 is 0. The zero-order valence-electron chi connectivity index (χ0n) is 14.6. The van der Waals surface area contributed by atoms with Gasteiger partial charge in [0, 0.05) is 22.9 Å². The highest BCUT2D eigenvalue weighted by Gasteiger charge is 2.15. The van der Waals surface area contributed by atoms with Gasteiger partial charge in [-0.25, -0.2) is 0 Å². The maximum absolute atomic E-state index is 8.57. The molecule has 0 saturated carbocycles. The van der Waals surface area contributed by atoms with Gasteiger partial charge in [0.15, 0.2) is 0 Å². The van der Waals surface area contributed by atoms with Crippen LogP contribution in [0, 0.1) is 0 Å². The van der Waals surface area contributed by atoms with Crippen molar-refractivity contribution in [1.29, 1.82) is 0 Å². The molecule has 2 rings (SSSR count). The number of hydrogen-bond acceptors (Lipinski definition) is 2. The summed E-state index contributed by atoms with van der Waals surface area (Å²) in [6.45, 7) is 1.08. The van der Waals surface area contributed by atoms with Crippen LogP contribution in [0.25, 0.3) is 20.9 Å². The van der Waals surface area contributed by atoms with Crippen molar-refractivity contribution in [2.24, 2.45) is 10.2 Å². The highest BCUT2D eigenvalue weighted by molar-refractivity contribution is 7.69. The molecule has 134 valence electrons. The third kappa shape index (κ3) is 7.04. The van der Waals surface area contributed by atoms with Crippen LogP contribution in [0.2, 0.25) is 0 Å². The molecule has 2 unspecified atom stereocenters. The third-order valence-corrected chi connectivity index (χ3v) is 9.37. The lowest BCUT2D eigenvalue weighted by atomic mass is 10.4. The number of hydrogen-bond donors (Lipinski definition) is 0. The molecule has 0 radical (unpaired) electrons. The third-order valence-electron chi connectivity index (χ3n) is 3.95. The zero-order valence-corrected chi connectivity index (χ0v) is 16.4. The fourth-order valence-electron chi connectivity index (χ4n) is 2.68. The molecular weight excluding hydrogens is 362 g/mol. The van der Waals surface area contributed by atoms with E-state index in [1.54, 1.807) is 0 Å². The van der Waals surface area contributed by atoms with Gasteiger partial charge in [0.25, 0.3) is 0 Å². The molecule has 0 aliphatic heterocycles. The Morgan fingerprint density at radius 2 is 1.00 bits per heavy atom. The quantitative estimate of drug-likeness (QED) is 0.220. The van der Waals surface area contributed by atoms with Gasteiger partial charge in [-0.1, -0.05) is 86.7 Å². The van der Waals surface area contributed by atoms with Crippen LogP contribution in [0.5, 0.6) is 0 Å². The Bertz CT molecular complexity index is 677. The van der Waals surface area contributed by atoms with E-state index < -0.39 is 0 Å². The van der Waals surface area contributed by atoms with Gasteiger partial charge in [0.2, 0.25) is 0 Å². The molecule has 0 aromatic heterocycles. The molecule has 0 saturated heterocycles. The Balaban J connectivity index is 2.08. The monoisotopic (exact) mass is 384 g/mol. The molecule has 2 atom stereocenters. The van der Waals surface area contributed by atoms with E-state index in [1.807, 2.05) is 12.1 Å². The van der Waals surface area contributed by atoms with E-state index in [0.29, 0.717) is 13.1 Å². The first-order chi connectivity index (χ1) is 12.8. The van der Waals surface area contributed by atoms with E-state index in [-0.39, 0.29) is 15.8 Å². The Morgan fingerprint density at radius 3 is 1.35 bits per heavy atom. The van der Waals surface area contributed by atoms with Crippen LogP contribution in [0.4, 0.5) is 0 Å². The summed E-state index contributed by atoms with van der Waals surface area (Å²) in [7, 11) is -0.722. The smallest absolute Gasteiger partial charge is 0.0300 e. The summed E-state index contributed by atoms with van der Waals surface area (Å²) in [4.78, 5) is 5.77. The molecule has 0 aliphatic carbocycles. The van der Waals surface area contributed by atoms with Gasteiger partial charge in [-0.05, 0) is 46.3 Å². The summed E-state index contributed by atoms with van der Waals surface area (Å²) in [5, 5.41) is 10.2. The second kappa shape index (κ2) is 12.3. The minimum absolute atomic E-state index is 0.361. The molecule has 26 heavy (non-hydrogen) atoms. The van der Waals surface area contributed by atoms with E-state index in [9.17, 15) is 0 Å². The molecule has 6 nitrogen and oxygen atoms in total. The van der Waals surface area contributed by atoms with Crippen molar-refractivity contribution in [2.45, 2.75) is 0 Å². The van der Waals surface area contributed by atoms with Crippen LogP contribution in [-0.2, 0) is 0 Å². The van der Waals surface area contributed by atoms with Crippen molar-refractivity contribution >= 4 is 26.5 Å². The van der Waals surface area contributed by atoms with Gasteiger partial charge in [0.1, 0.15) is 0 Å². The first-order valence-corrected chi connectivity index (χ1v) is 11.9. The highest BCUT2D eigenvalue weighted by atomic mass is 31.1. The van der Waals surface area contributed by atoms with Gasteiger partial charge < -0.3 is 0 Å². The van der Waals surface area contributed by atoms with Crippen molar-refractivity contribution < 1.29 is 0 Å². The van der Waals surface area contributed by atoms with Gasteiger partial charge in [-0.3, -0.25) is 0 Å². The maximum Gasteiger partial charge on any atom is 0.0300 e. The van der Waals surface area contributed by atoms with E-state index in [1.165, 1.54) is 10.6 Å². The van der Waals surface area contributed by atoms with Crippen molar-refractivity contribution in [2.75, 3.05) is 37.7 Å². The lowest BCUT2D eigenvalue weighted by molar-refractivity contribution is 1.10. The average Bonchev–Trinajstić information content (AvgIpc) is 2.70. The lowest BCUT2D eigenvalue weighted by Gasteiger charge is -2.22. The van der Waals surface area contributed by atoms with Crippen molar-refractivity contribution in [3.05, 3.63) is 81.5 Å². The van der Waals surface area contributed by atoms with Gasteiger partial charge in [-0.2, -0.15) is 0 Å². The predicted octanol–water partition coefficient (Wildman–Crippen LogP) is 5.22. The van der Waals surface area contributed by atoms with E-state index in [2.05, 4.69) is 68.6 Å². The van der Waals surface area contributed by atoms with Crippen LogP contribution in [0.3, 0.4) is 0 Å². The Labute approximate surface area is 156 Å². The second-order valence-corrected chi connectivity index (χ2v) is 10.5. The minimum atomic E-state index is -0.361. The molecule has 8 heteroatoms. The molecule has 0 N–H and O–H groups in total. The lowest BCUT2D eigenvalue weighted by Crippen LogP contribution is -2.13. The molecule has 0 fully saturated rings. The predicted molar refractivity (Wildman–Crippen MR) is 113 cm³/mol. The number of azide groups is 2. The second-order valence-electron chi connectivity index (χ2n) is 5.55. The van der Waals surface area contributed by atoms with Crippen LogP contribution < -0.4 is 10.6 Å². The first kappa shape index (κ1) is 20.2. The zero-order chi connectivity index (χ0) is 18.5. The largest absolute Gasteiger partial charge is 0.0936 e. The van der Waals surface area contributed by atoms with Crippen molar-refractivity contribution in [3.8, 4) is 0 Å². The van der Waals surface area contributed by atoms with E-state index >= 15 is 0 Å². The van der Waals surface area contributed by atoms with Crippen LogP contribution in [0.15, 0.2) is 70.9 Å². The molecular formula is C18H22N6P2. The van der Waals surface area contributed by atoms with Gasteiger partial charge in [-0.15, -0.1) is 0 Å². The molecule has 0 amide bonds. The van der Waals surface area contributed by atoms with Crippen molar-refractivity contribution in [3.63, 3.8) is 0 Å². The Morgan fingerprint density at radius 1 is 0.615 bits per heavy atom. The normalized spacial score (nSPS) is 12.5. The summed E-state index contributed by atoms with van der Waals surface area (Å²) in [6.07, 6.45) is 4.02. The molecule has 0 aliphatic rings. The summed E-state index contributed by atoms with van der Waals surface area (Å²) in [6, 6.07) is 21.0.